The number of hydrogen-bond donors (Lipinski definition) is 3. The molecule has 0 aliphatic heterocycles. The van der Waals surface area contributed by atoms with E-state index in [1.54, 1.807) is 24.3 Å². The van der Waals surface area contributed by atoms with Gasteiger partial charge in [-0.1, -0.05) is 12.1 Å². The summed E-state index contributed by atoms with van der Waals surface area (Å²) in [4.78, 5) is 23.4. The van der Waals surface area contributed by atoms with Gasteiger partial charge in [0.2, 0.25) is 11.8 Å². The van der Waals surface area contributed by atoms with Crippen LogP contribution in [0.4, 0.5) is 15.8 Å². The molecule has 2 rings (SSSR count). The molecule has 0 unspecified atom stereocenters. The normalized spacial score (nSPS) is 10.6. The molecule has 0 aromatic heterocycles. The lowest BCUT2D eigenvalue weighted by Gasteiger charge is -2.04. The van der Waals surface area contributed by atoms with E-state index in [4.69, 9.17) is 5.11 Å². The number of carbonyl (C=O) groups is 2. The fourth-order valence-corrected chi connectivity index (χ4v) is 1.94. The number of carbonyl (C=O) groups excluding carboxylic acids is 2. The first-order valence-electron chi connectivity index (χ1n) is 7.32. The van der Waals surface area contributed by atoms with E-state index in [9.17, 15) is 14.0 Å². The topological polar surface area (TPSA) is 78.4 Å². The Morgan fingerprint density at radius 3 is 1.79 bits per heavy atom. The summed E-state index contributed by atoms with van der Waals surface area (Å²) in [5.74, 6) is -1.33. The predicted molar refractivity (Wildman–Crippen MR) is 90.0 cm³/mol. The zero-order valence-corrected chi connectivity index (χ0v) is 12.8. The van der Waals surface area contributed by atoms with E-state index in [2.05, 4.69) is 10.6 Å². The number of aliphatic hydroxyl groups excluding tert-OH is 1. The molecule has 0 spiro atoms. The number of anilines is 2. The highest BCUT2D eigenvalue weighted by molar-refractivity contribution is 6.06. The van der Waals surface area contributed by atoms with Crippen LogP contribution < -0.4 is 10.6 Å². The van der Waals surface area contributed by atoms with Gasteiger partial charge in [0.15, 0.2) is 0 Å². The van der Waals surface area contributed by atoms with E-state index in [-0.39, 0.29) is 6.61 Å². The van der Waals surface area contributed by atoms with Gasteiger partial charge in [-0.3, -0.25) is 9.59 Å². The van der Waals surface area contributed by atoms with Crippen LogP contribution in [0.15, 0.2) is 60.7 Å². The van der Waals surface area contributed by atoms with Crippen molar-refractivity contribution >= 4 is 23.2 Å². The molecule has 0 radical (unpaired) electrons. The number of halogens is 1. The molecular weight excluding hydrogens is 311 g/mol. The Bertz CT molecular complexity index is 725. The Hall–Kier alpha value is -2.99. The molecule has 124 valence electrons. The van der Waals surface area contributed by atoms with Gasteiger partial charge in [0.25, 0.3) is 0 Å². The van der Waals surface area contributed by atoms with Gasteiger partial charge in [0.05, 0.1) is 0 Å². The SMILES string of the molecule is O=C(/C=C/C(=O)Nc1ccc(CCO)cc1)Nc1ccc(F)cc1. The summed E-state index contributed by atoms with van der Waals surface area (Å²) in [7, 11) is 0. The molecule has 0 aliphatic carbocycles. The molecule has 0 saturated heterocycles. The smallest absolute Gasteiger partial charge is 0.248 e. The second kappa shape index (κ2) is 8.59. The van der Waals surface area contributed by atoms with Crippen LogP contribution in [0.1, 0.15) is 5.56 Å². The summed E-state index contributed by atoms with van der Waals surface area (Å²) in [6.07, 6.45) is 2.76. The number of nitrogens with one attached hydrogen (secondary N) is 2. The van der Waals surface area contributed by atoms with Crippen LogP contribution in [-0.4, -0.2) is 23.5 Å². The third-order valence-electron chi connectivity index (χ3n) is 3.12. The number of amides is 2. The maximum absolute atomic E-state index is 12.8. The standard InChI is InChI=1S/C18H17FN2O3/c19-14-3-7-16(8-4-14)21-18(24)10-9-17(23)20-15-5-1-13(2-6-15)11-12-22/h1-10,22H,11-12H2,(H,20,23)(H,21,24)/b10-9+. The second-order valence-corrected chi connectivity index (χ2v) is 4.99. The Balaban J connectivity index is 1.85. The van der Waals surface area contributed by atoms with Gasteiger partial charge >= 0.3 is 0 Å². The van der Waals surface area contributed by atoms with Crippen molar-refractivity contribution in [2.45, 2.75) is 6.42 Å². The number of aliphatic hydroxyl groups is 1. The van der Waals surface area contributed by atoms with E-state index in [0.29, 0.717) is 17.8 Å². The molecule has 2 aromatic carbocycles. The predicted octanol–water partition coefficient (Wildman–Crippen LogP) is 2.49. The number of rotatable bonds is 6. The highest BCUT2D eigenvalue weighted by Gasteiger charge is 2.02. The molecule has 0 aliphatic rings. The summed E-state index contributed by atoms with van der Waals surface area (Å²) in [5, 5.41) is 14.0. The third kappa shape index (κ3) is 5.66. The van der Waals surface area contributed by atoms with Crippen molar-refractivity contribution in [3.63, 3.8) is 0 Å². The van der Waals surface area contributed by atoms with Crippen LogP contribution in [0.25, 0.3) is 0 Å². The van der Waals surface area contributed by atoms with Gasteiger partial charge in [0, 0.05) is 30.1 Å². The molecule has 2 aromatic rings. The summed E-state index contributed by atoms with van der Waals surface area (Å²) >= 11 is 0. The van der Waals surface area contributed by atoms with Crippen molar-refractivity contribution in [2.24, 2.45) is 0 Å². The van der Waals surface area contributed by atoms with Gasteiger partial charge in [-0.25, -0.2) is 4.39 Å². The molecule has 5 nitrogen and oxygen atoms in total. The Kier molecular flexibility index (Phi) is 6.22. The fraction of sp³-hybridized carbons (Fsp3) is 0.111. The van der Waals surface area contributed by atoms with E-state index >= 15 is 0 Å². The van der Waals surface area contributed by atoms with Crippen molar-refractivity contribution in [3.05, 3.63) is 72.1 Å². The molecule has 6 heteroatoms. The first kappa shape index (κ1) is 17.4. The summed E-state index contributed by atoms with van der Waals surface area (Å²) in [6.45, 7) is 0.0671. The van der Waals surface area contributed by atoms with Crippen LogP contribution in [0, 0.1) is 5.82 Å². The minimum atomic E-state index is -0.491. The van der Waals surface area contributed by atoms with Gasteiger partial charge in [-0.15, -0.1) is 0 Å². The number of hydrogen-bond acceptors (Lipinski definition) is 3. The molecular formula is C18H17FN2O3. The van der Waals surface area contributed by atoms with Crippen LogP contribution >= 0.6 is 0 Å². The maximum atomic E-state index is 12.8. The van der Waals surface area contributed by atoms with Crippen LogP contribution in [0.3, 0.4) is 0 Å². The van der Waals surface area contributed by atoms with E-state index in [1.165, 1.54) is 24.3 Å². The minimum Gasteiger partial charge on any atom is -0.396 e. The van der Waals surface area contributed by atoms with Crippen molar-refractivity contribution in [1.29, 1.82) is 0 Å². The molecule has 3 N–H and O–H groups in total. The second-order valence-electron chi connectivity index (χ2n) is 4.99. The lowest BCUT2D eigenvalue weighted by molar-refractivity contribution is -0.114. The first-order chi connectivity index (χ1) is 11.6. The third-order valence-corrected chi connectivity index (χ3v) is 3.12. The largest absolute Gasteiger partial charge is 0.396 e. The van der Waals surface area contributed by atoms with E-state index in [1.807, 2.05) is 0 Å². The van der Waals surface area contributed by atoms with Gasteiger partial charge in [-0.2, -0.15) is 0 Å². The van der Waals surface area contributed by atoms with E-state index < -0.39 is 17.6 Å². The summed E-state index contributed by atoms with van der Waals surface area (Å²) in [6, 6.07) is 12.3. The molecule has 0 fully saturated rings. The molecule has 0 atom stereocenters. The van der Waals surface area contributed by atoms with Gasteiger partial charge in [-0.05, 0) is 48.4 Å². The Labute approximate surface area is 138 Å². The van der Waals surface area contributed by atoms with Gasteiger partial charge in [0.1, 0.15) is 5.82 Å². The highest BCUT2D eigenvalue weighted by atomic mass is 19.1. The maximum Gasteiger partial charge on any atom is 0.248 e. The average Bonchev–Trinajstić information content (AvgIpc) is 2.57. The zero-order valence-electron chi connectivity index (χ0n) is 12.8. The molecule has 24 heavy (non-hydrogen) atoms. The van der Waals surface area contributed by atoms with Crippen LogP contribution in [0.5, 0.6) is 0 Å². The monoisotopic (exact) mass is 328 g/mol. The zero-order chi connectivity index (χ0) is 17.4. The lowest BCUT2D eigenvalue weighted by atomic mass is 10.1. The number of benzene rings is 2. The van der Waals surface area contributed by atoms with Crippen molar-refractivity contribution < 1.29 is 19.1 Å². The van der Waals surface area contributed by atoms with Crippen molar-refractivity contribution in [1.82, 2.24) is 0 Å². The molecule has 0 saturated carbocycles. The van der Waals surface area contributed by atoms with Crippen LogP contribution in [0.2, 0.25) is 0 Å². The lowest BCUT2D eigenvalue weighted by Crippen LogP contribution is -2.12. The van der Waals surface area contributed by atoms with Crippen molar-refractivity contribution in [3.8, 4) is 0 Å². The minimum absolute atomic E-state index is 0.0671. The Morgan fingerprint density at radius 1 is 0.875 bits per heavy atom. The van der Waals surface area contributed by atoms with E-state index in [0.717, 1.165) is 17.7 Å². The average molecular weight is 328 g/mol. The first-order valence-corrected chi connectivity index (χ1v) is 7.32. The highest BCUT2D eigenvalue weighted by Crippen LogP contribution is 2.10. The van der Waals surface area contributed by atoms with Gasteiger partial charge < -0.3 is 15.7 Å². The summed E-state index contributed by atoms with van der Waals surface area (Å²) in [5.41, 5.74) is 1.99. The Morgan fingerprint density at radius 2 is 1.33 bits per heavy atom. The van der Waals surface area contributed by atoms with Crippen molar-refractivity contribution in [2.75, 3.05) is 17.2 Å². The molecule has 2 amide bonds. The quantitative estimate of drug-likeness (QED) is 0.713. The molecule has 0 heterocycles. The molecule has 0 bridgehead atoms. The van der Waals surface area contributed by atoms with Crippen LogP contribution in [-0.2, 0) is 16.0 Å². The fourth-order valence-electron chi connectivity index (χ4n) is 1.94. The summed E-state index contributed by atoms with van der Waals surface area (Å²) < 4.78 is 12.8.